The van der Waals surface area contributed by atoms with Crippen molar-refractivity contribution in [3.8, 4) is 0 Å². The Morgan fingerprint density at radius 3 is 2.54 bits per heavy atom. The van der Waals surface area contributed by atoms with E-state index in [1.54, 1.807) is 0 Å². The lowest BCUT2D eigenvalue weighted by Crippen LogP contribution is -2.45. The summed E-state index contributed by atoms with van der Waals surface area (Å²) < 4.78 is 0. The first kappa shape index (κ1) is 10.5. The molecular weight excluding hydrogens is 164 g/mol. The molecule has 76 valence electrons. The van der Waals surface area contributed by atoms with Crippen molar-refractivity contribution < 1.29 is 4.79 Å². The van der Waals surface area contributed by atoms with Gasteiger partial charge in [0.1, 0.15) is 0 Å². The lowest BCUT2D eigenvalue weighted by atomic mass is 10.1. The molecule has 1 atom stereocenters. The summed E-state index contributed by atoms with van der Waals surface area (Å²) >= 11 is 0. The molecule has 0 aromatic carbocycles. The fourth-order valence-corrected chi connectivity index (χ4v) is 1.78. The molecule has 0 saturated carbocycles. The molecule has 0 aromatic rings. The summed E-state index contributed by atoms with van der Waals surface area (Å²) in [5.41, 5.74) is 5.77. The highest BCUT2D eigenvalue weighted by molar-refractivity contribution is 5.81. The van der Waals surface area contributed by atoms with E-state index < -0.39 is 0 Å². The van der Waals surface area contributed by atoms with Crippen LogP contribution in [0.2, 0.25) is 0 Å². The summed E-state index contributed by atoms with van der Waals surface area (Å²) in [6, 6.07) is -0.261. The Balaban J connectivity index is 2.36. The summed E-state index contributed by atoms with van der Waals surface area (Å²) in [4.78, 5) is 13.6. The van der Waals surface area contributed by atoms with Gasteiger partial charge in [-0.1, -0.05) is 13.3 Å². The molecule has 1 saturated heterocycles. The molecule has 13 heavy (non-hydrogen) atoms. The minimum atomic E-state index is -0.261. The van der Waals surface area contributed by atoms with E-state index in [1.165, 1.54) is 6.42 Å². The Morgan fingerprint density at radius 1 is 1.38 bits per heavy atom. The molecule has 1 rings (SSSR count). The fraction of sp³-hybridized carbons (Fsp3) is 0.900. The second-order valence-electron chi connectivity index (χ2n) is 3.78. The molecule has 0 radical (unpaired) electrons. The molecular formula is C10H20N2O. The molecule has 0 aromatic heterocycles. The van der Waals surface area contributed by atoms with Gasteiger partial charge in [-0.2, -0.15) is 0 Å². The third-order valence-electron chi connectivity index (χ3n) is 2.58. The number of likely N-dealkylation sites (tertiary alicyclic amines) is 1. The predicted octanol–water partition coefficient (Wildman–Crippen LogP) is 1.13. The van der Waals surface area contributed by atoms with Crippen LogP contribution in [0.3, 0.4) is 0 Å². The first-order valence-electron chi connectivity index (χ1n) is 5.30. The number of hydrogen-bond donors (Lipinski definition) is 1. The van der Waals surface area contributed by atoms with E-state index in [2.05, 4.69) is 6.92 Å². The average molecular weight is 184 g/mol. The van der Waals surface area contributed by atoms with Crippen molar-refractivity contribution in [3.05, 3.63) is 0 Å². The van der Waals surface area contributed by atoms with Crippen LogP contribution in [0.5, 0.6) is 0 Å². The van der Waals surface area contributed by atoms with Crippen molar-refractivity contribution in [2.75, 3.05) is 13.1 Å². The third kappa shape index (κ3) is 2.99. The van der Waals surface area contributed by atoms with E-state index in [1.807, 2.05) is 4.90 Å². The molecule has 0 aliphatic carbocycles. The Hall–Kier alpha value is -0.570. The SMILES string of the molecule is CCCC(N)C(=O)N1CCCCC1. The van der Waals surface area contributed by atoms with Gasteiger partial charge >= 0.3 is 0 Å². The van der Waals surface area contributed by atoms with Crippen LogP contribution in [-0.4, -0.2) is 29.9 Å². The zero-order chi connectivity index (χ0) is 9.68. The van der Waals surface area contributed by atoms with Crippen LogP contribution in [0.4, 0.5) is 0 Å². The van der Waals surface area contributed by atoms with Crippen molar-refractivity contribution in [2.45, 2.75) is 45.1 Å². The predicted molar refractivity (Wildman–Crippen MR) is 53.3 cm³/mol. The fourth-order valence-electron chi connectivity index (χ4n) is 1.78. The zero-order valence-electron chi connectivity index (χ0n) is 8.46. The maximum absolute atomic E-state index is 11.7. The first-order valence-corrected chi connectivity index (χ1v) is 5.30. The summed E-state index contributed by atoms with van der Waals surface area (Å²) in [6.07, 6.45) is 5.35. The number of hydrogen-bond acceptors (Lipinski definition) is 2. The molecule has 0 bridgehead atoms. The Labute approximate surface area is 80.3 Å². The van der Waals surface area contributed by atoms with Crippen molar-refractivity contribution in [2.24, 2.45) is 5.73 Å². The second-order valence-corrected chi connectivity index (χ2v) is 3.78. The molecule has 1 aliphatic rings. The van der Waals surface area contributed by atoms with E-state index in [-0.39, 0.29) is 11.9 Å². The number of piperidine rings is 1. The molecule has 1 heterocycles. The van der Waals surface area contributed by atoms with E-state index in [0.717, 1.165) is 38.8 Å². The van der Waals surface area contributed by atoms with Crippen LogP contribution >= 0.6 is 0 Å². The standard InChI is InChI=1S/C10H20N2O/c1-2-6-9(11)10(13)12-7-4-3-5-8-12/h9H,2-8,11H2,1H3. The van der Waals surface area contributed by atoms with Gasteiger partial charge in [0.25, 0.3) is 0 Å². The monoisotopic (exact) mass is 184 g/mol. The number of carbonyl (C=O) groups excluding carboxylic acids is 1. The highest BCUT2D eigenvalue weighted by atomic mass is 16.2. The van der Waals surface area contributed by atoms with E-state index >= 15 is 0 Å². The number of carbonyl (C=O) groups is 1. The van der Waals surface area contributed by atoms with Gasteiger partial charge in [-0.25, -0.2) is 0 Å². The highest BCUT2D eigenvalue weighted by Crippen LogP contribution is 2.10. The Morgan fingerprint density at radius 2 is 2.00 bits per heavy atom. The molecule has 1 fully saturated rings. The van der Waals surface area contributed by atoms with Gasteiger partial charge in [0.15, 0.2) is 0 Å². The molecule has 1 aliphatic heterocycles. The maximum Gasteiger partial charge on any atom is 0.239 e. The number of amides is 1. The van der Waals surface area contributed by atoms with Crippen LogP contribution < -0.4 is 5.73 Å². The van der Waals surface area contributed by atoms with Gasteiger partial charge in [-0.15, -0.1) is 0 Å². The molecule has 1 amide bonds. The maximum atomic E-state index is 11.7. The van der Waals surface area contributed by atoms with E-state index in [9.17, 15) is 4.79 Å². The van der Waals surface area contributed by atoms with Crippen LogP contribution in [0.15, 0.2) is 0 Å². The van der Waals surface area contributed by atoms with Crippen molar-refractivity contribution in [1.82, 2.24) is 4.90 Å². The summed E-state index contributed by atoms with van der Waals surface area (Å²) in [7, 11) is 0. The van der Waals surface area contributed by atoms with Crippen molar-refractivity contribution in [3.63, 3.8) is 0 Å². The van der Waals surface area contributed by atoms with Crippen LogP contribution in [-0.2, 0) is 4.79 Å². The zero-order valence-corrected chi connectivity index (χ0v) is 8.46. The molecule has 0 spiro atoms. The van der Waals surface area contributed by atoms with E-state index in [0.29, 0.717) is 0 Å². The minimum Gasteiger partial charge on any atom is -0.341 e. The third-order valence-corrected chi connectivity index (χ3v) is 2.58. The topological polar surface area (TPSA) is 46.3 Å². The van der Waals surface area contributed by atoms with Gasteiger partial charge < -0.3 is 10.6 Å². The number of nitrogens with zero attached hydrogens (tertiary/aromatic N) is 1. The molecule has 1 unspecified atom stereocenters. The van der Waals surface area contributed by atoms with Gasteiger partial charge in [0.05, 0.1) is 6.04 Å². The lowest BCUT2D eigenvalue weighted by Gasteiger charge is -2.29. The quantitative estimate of drug-likeness (QED) is 0.714. The number of nitrogens with two attached hydrogens (primary N) is 1. The largest absolute Gasteiger partial charge is 0.341 e. The normalized spacial score (nSPS) is 20.0. The smallest absolute Gasteiger partial charge is 0.239 e. The van der Waals surface area contributed by atoms with Gasteiger partial charge in [0.2, 0.25) is 5.91 Å². The molecule has 3 nitrogen and oxygen atoms in total. The van der Waals surface area contributed by atoms with Gasteiger partial charge in [-0.05, 0) is 25.7 Å². The second kappa shape index (κ2) is 5.22. The Bertz CT molecular complexity index is 164. The van der Waals surface area contributed by atoms with Crippen molar-refractivity contribution >= 4 is 5.91 Å². The average Bonchev–Trinajstić information content (AvgIpc) is 2.18. The summed E-state index contributed by atoms with van der Waals surface area (Å²) in [6.45, 7) is 3.88. The Kier molecular flexibility index (Phi) is 4.22. The van der Waals surface area contributed by atoms with Gasteiger partial charge in [-0.3, -0.25) is 4.79 Å². The highest BCUT2D eigenvalue weighted by Gasteiger charge is 2.21. The van der Waals surface area contributed by atoms with Crippen molar-refractivity contribution in [1.29, 1.82) is 0 Å². The molecule has 2 N–H and O–H groups in total. The van der Waals surface area contributed by atoms with Crippen LogP contribution in [0.25, 0.3) is 0 Å². The minimum absolute atomic E-state index is 0.154. The molecule has 3 heteroatoms. The van der Waals surface area contributed by atoms with Crippen LogP contribution in [0, 0.1) is 0 Å². The van der Waals surface area contributed by atoms with E-state index in [4.69, 9.17) is 5.73 Å². The lowest BCUT2D eigenvalue weighted by molar-refractivity contribution is -0.133. The number of rotatable bonds is 3. The first-order chi connectivity index (χ1) is 6.25. The summed E-state index contributed by atoms with van der Waals surface area (Å²) in [5.74, 6) is 0.154. The van der Waals surface area contributed by atoms with Crippen LogP contribution in [0.1, 0.15) is 39.0 Å². The summed E-state index contributed by atoms with van der Waals surface area (Å²) in [5, 5.41) is 0. The van der Waals surface area contributed by atoms with Gasteiger partial charge in [0, 0.05) is 13.1 Å².